The summed E-state index contributed by atoms with van der Waals surface area (Å²) >= 11 is 3.21. The van der Waals surface area contributed by atoms with Crippen LogP contribution in [-0.2, 0) is 11.3 Å². The number of carbonyl (C=O) groups excluding carboxylic acids is 1. The maximum Gasteiger partial charge on any atom is 0.410 e. The smallest absolute Gasteiger partial charge is 0.410 e. The summed E-state index contributed by atoms with van der Waals surface area (Å²) in [5.74, 6) is 0.252. The summed E-state index contributed by atoms with van der Waals surface area (Å²) in [5, 5.41) is 3.40. The van der Waals surface area contributed by atoms with Crippen LogP contribution >= 0.6 is 15.9 Å². The number of carbonyl (C=O) groups is 1. The summed E-state index contributed by atoms with van der Waals surface area (Å²) in [5.41, 5.74) is 0.599. The molecule has 1 saturated heterocycles. The molecule has 0 aromatic heterocycles. The maximum atomic E-state index is 13.2. The van der Waals surface area contributed by atoms with Gasteiger partial charge >= 0.3 is 6.09 Å². The normalized spacial score (nSPS) is 18.3. The van der Waals surface area contributed by atoms with Crippen LogP contribution in [0.5, 0.6) is 0 Å². The van der Waals surface area contributed by atoms with E-state index in [1.807, 2.05) is 25.7 Å². The van der Waals surface area contributed by atoms with Gasteiger partial charge in [-0.15, -0.1) is 0 Å². The molecule has 140 valence electrons. The Bertz CT molecular complexity index is 589. The van der Waals surface area contributed by atoms with E-state index < -0.39 is 5.60 Å². The molecule has 2 rings (SSSR count). The molecular formula is C19H28BrFN2O2. The fraction of sp³-hybridized carbons (Fsp3) is 0.632. The highest BCUT2D eigenvalue weighted by atomic mass is 79.9. The van der Waals surface area contributed by atoms with Gasteiger partial charge in [-0.1, -0.05) is 6.07 Å². The fourth-order valence-corrected chi connectivity index (χ4v) is 3.41. The van der Waals surface area contributed by atoms with Crippen molar-refractivity contribution in [2.24, 2.45) is 5.92 Å². The summed E-state index contributed by atoms with van der Waals surface area (Å²) in [7, 11) is 0. The van der Waals surface area contributed by atoms with Crippen molar-refractivity contribution < 1.29 is 13.9 Å². The van der Waals surface area contributed by atoms with Crippen LogP contribution in [0.4, 0.5) is 9.18 Å². The molecule has 1 aliphatic heterocycles. The summed E-state index contributed by atoms with van der Waals surface area (Å²) in [4.78, 5) is 14.0. The molecule has 0 aliphatic carbocycles. The summed E-state index contributed by atoms with van der Waals surface area (Å²) < 4.78 is 19.2. The first-order valence-corrected chi connectivity index (χ1v) is 9.66. The summed E-state index contributed by atoms with van der Waals surface area (Å²) in [6, 6.07) is 5.06. The quantitative estimate of drug-likeness (QED) is 0.708. The number of rotatable bonds is 5. The first kappa shape index (κ1) is 20.2. The molecule has 4 nitrogen and oxygen atoms in total. The number of nitrogens with one attached hydrogen (secondary N) is 1. The van der Waals surface area contributed by atoms with Crippen LogP contribution < -0.4 is 5.32 Å². The van der Waals surface area contributed by atoms with Crippen molar-refractivity contribution in [3.05, 3.63) is 34.1 Å². The van der Waals surface area contributed by atoms with Crippen LogP contribution in [-0.4, -0.2) is 36.2 Å². The highest BCUT2D eigenvalue weighted by Crippen LogP contribution is 2.21. The second kappa shape index (κ2) is 8.99. The standard InChI is InChI=1S/C19H28BrFN2O2/c1-19(2,3)25-18(24)23-10-4-5-14(13-23)8-9-22-12-15-6-7-17(21)16(20)11-15/h6-7,11,14,22H,4-5,8-10,12-13H2,1-3H3. The molecule has 1 heterocycles. The van der Waals surface area contributed by atoms with E-state index in [9.17, 15) is 9.18 Å². The average Bonchev–Trinajstić information content (AvgIpc) is 2.53. The minimum absolute atomic E-state index is 0.207. The third-order valence-corrected chi connectivity index (χ3v) is 4.82. The zero-order valence-corrected chi connectivity index (χ0v) is 16.9. The maximum absolute atomic E-state index is 13.2. The average molecular weight is 415 g/mol. The van der Waals surface area contributed by atoms with Crippen molar-refractivity contribution in [1.82, 2.24) is 10.2 Å². The molecule has 1 N–H and O–H groups in total. The molecular weight excluding hydrogens is 387 g/mol. The van der Waals surface area contributed by atoms with Crippen molar-refractivity contribution >= 4 is 22.0 Å². The van der Waals surface area contributed by atoms with E-state index in [1.54, 1.807) is 12.1 Å². The first-order valence-electron chi connectivity index (χ1n) is 8.87. The fourth-order valence-electron chi connectivity index (χ4n) is 2.98. The molecule has 6 heteroatoms. The van der Waals surface area contributed by atoms with Crippen molar-refractivity contribution in [2.45, 2.75) is 52.2 Å². The second-order valence-electron chi connectivity index (χ2n) is 7.65. The number of amides is 1. The number of nitrogens with zero attached hydrogens (tertiary/aromatic N) is 1. The molecule has 1 aliphatic rings. The Labute approximate surface area is 158 Å². The van der Waals surface area contributed by atoms with Crippen molar-refractivity contribution in [3.63, 3.8) is 0 Å². The largest absolute Gasteiger partial charge is 0.444 e. The molecule has 1 atom stereocenters. The van der Waals surface area contributed by atoms with Gasteiger partial charge in [0.05, 0.1) is 4.47 Å². The Balaban J connectivity index is 1.71. The molecule has 1 aromatic rings. The van der Waals surface area contributed by atoms with E-state index in [0.717, 1.165) is 44.5 Å². The first-order chi connectivity index (χ1) is 11.7. The van der Waals surface area contributed by atoms with E-state index in [0.29, 0.717) is 16.9 Å². The third kappa shape index (κ3) is 6.94. The number of halogens is 2. The number of hydrogen-bond donors (Lipinski definition) is 1. The Morgan fingerprint density at radius 3 is 2.88 bits per heavy atom. The van der Waals surface area contributed by atoms with E-state index in [4.69, 9.17) is 4.74 Å². The van der Waals surface area contributed by atoms with Gasteiger partial charge in [0.25, 0.3) is 0 Å². The van der Waals surface area contributed by atoms with Crippen molar-refractivity contribution in [1.29, 1.82) is 0 Å². The molecule has 0 spiro atoms. The van der Waals surface area contributed by atoms with Gasteiger partial charge in [-0.3, -0.25) is 0 Å². The predicted molar refractivity (Wildman–Crippen MR) is 101 cm³/mol. The monoisotopic (exact) mass is 414 g/mol. The number of benzene rings is 1. The zero-order valence-electron chi connectivity index (χ0n) is 15.3. The predicted octanol–water partition coefficient (Wildman–Crippen LogP) is 4.72. The molecule has 0 radical (unpaired) electrons. The van der Waals surface area contributed by atoms with Gasteiger partial charge in [0.1, 0.15) is 11.4 Å². The SMILES string of the molecule is CC(C)(C)OC(=O)N1CCCC(CCNCc2ccc(F)c(Br)c2)C1. The minimum Gasteiger partial charge on any atom is -0.444 e. The van der Waals surface area contributed by atoms with Gasteiger partial charge in [-0.05, 0) is 86.1 Å². The van der Waals surface area contributed by atoms with Crippen LogP contribution in [0.3, 0.4) is 0 Å². The number of likely N-dealkylation sites (tertiary alicyclic amines) is 1. The lowest BCUT2D eigenvalue weighted by atomic mass is 9.95. The van der Waals surface area contributed by atoms with Crippen LogP contribution in [0.1, 0.15) is 45.6 Å². The lowest BCUT2D eigenvalue weighted by molar-refractivity contribution is 0.0162. The van der Waals surface area contributed by atoms with E-state index in [1.165, 1.54) is 6.07 Å². The second-order valence-corrected chi connectivity index (χ2v) is 8.50. The Morgan fingerprint density at radius 1 is 1.44 bits per heavy atom. The number of piperidine rings is 1. The molecule has 1 fully saturated rings. The topological polar surface area (TPSA) is 41.6 Å². The van der Waals surface area contributed by atoms with Crippen LogP contribution in [0.15, 0.2) is 22.7 Å². The molecule has 25 heavy (non-hydrogen) atoms. The van der Waals surface area contributed by atoms with E-state index >= 15 is 0 Å². The molecule has 1 unspecified atom stereocenters. The highest BCUT2D eigenvalue weighted by Gasteiger charge is 2.27. The Hall–Kier alpha value is -1.14. The summed E-state index contributed by atoms with van der Waals surface area (Å²) in [6.07, 6.45) is 2.97. The van der Waals surface area contributed by atoms with E-state index in [2.05, 4.69) is 21.2 Å². The van der Waals surface area contributed by atoms with Crippen LogP contribution in [0.2, 0.25) is 0 Å². The van der Waals surface area contributed by atoms with E-state index in [-0.39, 0.29) is 11.9 Å². The molecule has 0 saturated carbocycles. The van der Waals surface area contributed by atoms with Crippen LogP contribution in [0, 0.1) is 11.7 Å². The van der Waals surface area contributed by atoms with Crippen molar-refractivity contribution in [3.8, 4) is 0 Å². The summed E-state index contributed by atoms with van der Waals surface area (Å²) in [6.45, 7) is 8.81. The molecule has 1 amide bonds. The zero-order chi connectivity index (χ0) is 18.4. The minimum atomic E-state index is -0.449. The highest BCUT2D eigenvalue weighted by molar-refractivity contribution is 9.10. The Morgan fingerprint density at radius 2 is 2.20 bits per heavy atom. The van der Waals surface area contributed by atoms with Gasteiger partial charge in [0, 0.05) is 19.6 Å². The van der Waals surface area contributed by atoms with Gasteiger partial charge in [-0.2, -0.15) is 0 Å². The molecule has 0 bridgehead atoms. The lowest BCUT2D eigenvalue weighted by Gasteiger charge is -2.34. The van der Waals surface area contributed by atoms with Gasteiger partial charge < -0.3 is 15.0 Å². The Kier molecular flexibility index (Phi) is 7.25. The lowest BCUT2D eigenvalue weighted by Crippen LogP contribution is -2.43. The third-order valence-electron chi connectivity index (χ3n) is 4.21. The number of hydrogen-bond acceptors (Lipinski definition) is 3. The molecule has 1 aromatic carbocycles. The van der Waals surface area contributed by atoms with Crippen LogP contribution in [0.25, 0.3) is 0 Å². The van der Waals surface area contributed by atoms with Gasteiger partial charge in [0.2, 0.25) is 0 Å². The van der Waals surface area contributed by atoms with Crippen molar-refractivity contribution in [2.75, 3.05) is 19.6 Å². The van der Waals surface area contributed by atoms with Gasteiger partial charge in [-0.25, -0.2) is 9.18 Å². The number of ether oxygens (including phenoxy) is 1. The van der Waals surface area contributed by atoms with Gasteiger partial charge in [0.15, 0.2) is 0 Å².